The Morgan fingerprint density at radius 3 is 2.63 bits per heavy atom. The minimum absolute atomic E-state index is 0.756. The minimum Gasteiger partial charge on any atom is -0.310 e. The van der Waals surface area contributed by atoms with Crippen molar-refractivity contribution in [2.24, 2.45) is 0 Å². The molecule has 1 aromatic rings. The molecule has 2 aliphatic rings. The SMILES string of the molecule is Clc1cccc(CNC2CC2)c1SC1CCCCC1. The van der Waals surface area contributed by atoms with Gasteiger partial charge in [0.25, 0.3) is 0 Å². The Kier molecular flexibility index (Phi) is 4.73. The molecule has 0 saturated heterocycles. The zero-order chi connectivity index (χ0) is 13.1. The van der Waals surface area contributed by atoms with Crippen molar-refractivity contribution < 1.29 is 0 Å². The average molecular weight is 296 g/mol. The first-order valence-corrected chi connectivity index (χ1v) is 8.76. The molecule has 2 saturated carbocycles. The van der Waals surface area contributed by atoms with Gasteiger partial charge in [-0.25, -0.2) is 0 Å². The summed E-state index contributed by atoms with van der Waals surface area (Å²) in [5.74, 6) is 0. The number of benzene rings is 1. The van der Waals surface area contributed by atoms with Gasteiger partial charge in [-0.2, -0.15) is 0 Å². The molecule has 0 atom stereocenters. The largest absolute Gasteiger partial charge is 0.310 e. The first-order valence-electron chi connectivity index (χ1n) is 7.50. The van der Waals surface area contributed by atoms with Crippen molar-refractivity contribution in [3.8, 4) is 0 Å². The zero-order valence-corrected chi connectivity index (χ0v) is 12.9. The molecule has 2 aliphatic carbocycles. The van der Waals surface area contributed by atoms with Crippen molar-refractivity contribution >= 4 is 23.4 Å². The standard InChI is InChI=1S/C16H22ClNS/c17-15-8-4-5-12(11-18-13-9-10-13)16(15)19-14-6-2-1-3-7-14/h4-5,8,13-14,18H,1-3,6-7,9-11H2. The van der Waals surface area contributed by atoms with Crippen molar-refractivity contribution in [1.29, 1.82) is 0 Å². The Balaban J connectivity index is 1.69. The highest BCUT2D eigenvalue weighted by Crippen LogP contribution is 2.39. The van der Waals surface area contributed by atoms with Crippen LogP contribution in [0, 0.1) is 0 Å². The van der Waals surface area contributed by atoms with E-state index in [1.54, 1.807) is 0 Å². The van der Waals surface area contributed by atoms with Crippen LogP contribution in [0.5, 0.6) is 0 Å². The van der Waals surface area contributed by atoms with E-state index in [0.29, 0.717) is 0 Å². The molecule has 0 aliphatic heterocycles. The van der Waals surface area contributed by atoms with Crippen LogP contribution in [0.15, 0.2) is 23.1 Å². The third-order valence-electron chi connectivity index (χ3n) is 4.04. The van der Waals surface area contributed by atoms with E-state index in [9.17, 15) is 0 Å². The fourth-order valence-electron chi connectivity index (χ4n) is 2.72. The maximum Gasteiger partial charge on any atom is 0.0545 e. The number of halogens is 1. The Hall–Kier alpha value is -0.180. The summed E-state index contributed by atoms with van der Waals surface area (Å²) >= 11 is 8.45. The fourth-order valence-corrected chi connectivity index (χ4v) is 4.42. The van der Waals surface area contributed by atoms with E-state index in [1.807, 2.05) is 17.8 Å². The number of nitrogens with one attached hydrogen (secondary N) is 1. The van der Waals surface area contributed by atoms with Crippen molar-refractivity contribution in [2.45, 2.75) is 67.7 Å². The summed E-state index contributed by atoms with van der Waals surface area (Å²) in [4.78, 5) is 1.32. The first kappa shape index (κ1) is 13.8. The van der Waals surface area contributed by atoms with Gasteiger partial charge in [0.05, 0.1) is 5.02 Å². The summed E-state index contributed by atoms with van der Waals surface area (Å²) in [6.07, 6.45) is 9.57. The lowest BCUT2D eigenvalue weighted by molar-refractivity contribution is 0.516. The smallest absolute Gasteiger partial charge is 0.0545 e. The summed E-state index contributed by atoms with van der Waals surface area (Å²) in [5, 5.41) is 5.31. The van der Waals surface area contributed by atoms with E-state index < -0.39 is 0 Å². The minimum atomic E-state index is 0.756. The van der Waals surface area contributed by atoms with E-state index in [2.05, 4.69) is 17.4 Å². The third-order valence-corrected chi connectivity index (χ3v) is 5.99. The topological polar surface area (TPSA) is 12.0 Å². The van der Waals surface area contributed by atoms with Crippen LogP contribution in [0.1, 0.15) is 50.5 Å². The summed E-state index contributed by atoms with van der Waals surface area (Å²) in [6.45, 7) is 0.972. The van der Waals surface area contributed by atoms with Crippen LogP contribution >= 0.6 is 23.4 Å². The lowest BCUT2D eigenvalue weighted by Gasteiger charge is -2.23. The van der Waals surface area contributed by atoms with E-state index >= 15 is 0 Å². The van der Waals surface area contributed by atoms with E-state index in [4.69, 9.17) is 11.6 Å². The summed E-state index contributed by atoms with van der Waals surface area (Å²) < 4.78 is 0. The molecule has 3 rings (SSSR count). The summed E-state index contributed by atoms with van der Waals surface area (Å²) in [6, 6.07) is 7.10. The molecule has 104 valence electrons. The van der Waals surface area contributed by atoms with E-state index in [-0.39, 0.29) is 0 Å². The van der Waals surface area contributed by atoms with Crippen molar-refractivity contribution in [3.05, 3.63) is 28.8 Å². The number of hydrogen-bond acceptors (Lipinski definition) is 2. The molecule has 0 amide bonds. The van der Waals surface area contributed by atoms with Crippen LogP contribution in [0.25, 0.3) is 0 Å². The average Bonchev–Trinajstić information content (AvgIpc) is 3.25. The molecule has 1 aromatic carbocycles. The highest BCUT2D eigenvalue weighted by atomic mass is 35.5. The van der Waals surface area contributed by atoms with Crippen LogP contribution in [0.4, 0.5) is 0 Å². The molecule has 0 spiro atoms. The summed E-state index contributed by atoms with van der Waals surface area (Å²) in [5.41, 5.74) is 1.38. The van der Waals surface area contributed by atoms with Gasteiger partial charge in [-0.1, -0.05) is 43.0 Å². The van der Waals surface area contributed by atoms with Crippen LogP contribution in [-0.2, 0) is 6.54 Å². The number of rotatable bonds is 5. The Labute approximate surface area is 125 Å². The molecule has 2 fully saturated rings. The molecule has 3 heteroatoms. The quantitative estimate of drug-likeness (QED) is 0.819. The van der Waals surface area contributed by atoms with Crippen molar-refractivity contribution in [2.75, 3.05) is 0 Å². The summed E-state index contributed by atoms with van der Waals surface area (Å²) in [7, 11) is 0. The van der Waals surface area contributed by atoms with Gasteiger partial charge >= 0.3 is 0 Å². The van der Waals surface area contributed by atoms with Crippen molar-refractivity contribution in [3.63, 3.8) is 0 Å². The van der Waals surface area contributed by atoms with Gasteiger partial charge in [-0.05, 0) is 37.3 Å². The van der Waals surface area contributed by atoms with Crippen molar-refractivity contribution in [1.82, 2.24) is 5.32 Å². The van der Waals surface area contributed by atoms with Gasteiger partial charge in [-0.3, -0.25) is 0 Å². The van der Waals surface area contributed by atoms with Gasteiger partial charge in [0.15, 0.2) is 0 Å². The van der Waals surface area contributed by atoms with E-state index in [0.717, 1.165) is 22.9 Å². The van der Waals surface area contributed by atoms with Gasteiger partial charge in [-0.15, -0.1) is 11.8 Å². The molecule has 1 nitrogen and oxygen atoms in total. The lowest BCUT2D eigenvalue weighted by Crippen LogP contribution is -2.16. The van der Waals surface area contributed by atoms with Crippen LogP contribution < -0.4 is 5.32 Å². The molecule has 19 heavy (non-hydrogen) atoms. The van der Waals surface area contributed by atoms with Gasteiger partial charge < -0.3 is 5.32 Å². The predicted octanol–water partition coefficient (Wildman–Crippen LogP) is 5.02. The molecule has 0 bridgehead atoms. The first-order chi connectivity index (χ1) is 9.33. The molecular formula is C16H22ClNS. The third kappa shape index (κ3) is 3.90. The Morgan fingerprint density at radius 2 is 1.89 bits per heavy atom. The molecular weight excluding hydrogens is 274 g/mol. The lowest BCUT2D eigenvalue weighted by atomic mass is 10.0. The van der Waals surface area contributed by atoms with Gasteiger partial charge in [0.2, 0.25) is 0 Å². The zero-order valence-electron chi connectivity index (χ0n) is 11.3. The van der Waals surface area contributed by atoms with Crippen LogP contribution in [-0.4, -0.2) is 11.3 Å². The second kappa shape index (κ2) is 6.51. The number of hydrogen-bond donors (Lipinski definition) is 1. The van der Waals surface area contributed by atoms with Crippen LogP contribution in [0.3, 0.4) is 0 Å². The monoisotopic (exact) mass is 295 g/mol. The van der Waals surface area contributed by atoms with Gasteiger partial charge in [0.1, 0.15) is 0 Å². The Morgan fingerprint density at radius 1 is 1.11 bits per heavy atom. The molecule has 0 aromatic heterocycles. The highest BCUT2D eigenvalue weighted by Gasteiger charge is 2.22. The second-order valence-electron chi connectivity index (χ2n) is 5.76. The second-order valence-corrected chi connectivity index (χ2v) is 7.48. The molecule has 1 N–H and O–H groups in total. The molecule has 0 heterocycles. The van der Waals surface area contributed by atoms with Crippen LogP contribution in [0.2, 0.25) is 5.02 Å². The predicted molar refractivity (Wildman–Crippen MR) is 84.0 cm³/mol. The molecule has 0 unspecified atom stereocenters. The van der Waals surface area contributed by atoms with Gasteiger partial charge in [0, 0.05) is 22.7 Å². The maximum atomic E-state index is 6.43. The van der Waals surface area contributed by atoms with E-state index in [1.165, 1.54) is 55.4 Å². The fraction of sp³-hybridized carbons (Fsp3) is 0.625. The molecule has 0 radical (unpaired) electrons. The highest BCUT2D eigenvalue weighted by molar-refractivity contribution is 8.00. The normalized spacial score (nSPS) is 20.7. The number of thioether (sulfide) groups is 1. The maximum absolute atomic E-state index is 6.43. The Bertz CT molecular complexity index is 425.